The van der Waals surface area contributed by atoms with Gasteiger partial charge >= 0.3 is 5.97 Å². The fraction of sp³-hybridized carbons (Fsp3) is 0.0667. The first kappa shape index (κ1) is 14.7. The third-order valence-corrected chi connectivity index (χ3v) is 3.40. The molecule has 0 saturated carbocycles. The summed E-state index contributed by atoms with van der Waals surface area (Å²) in [6.07, 6.45) is 3.14. The molecule has 1 aromatic carbocycles. The normalized spacial score (nSPS) is 12.0. The number of aromatic amines is 1. The largest absolute Gasteiger partial charge is 0.480 e. The van der Waals surface area contributed by atoms with Gasteiger partial charge in [0.05, 0.1) is 17.3 Å². The van der Waals surface area contributed by atoms with Crippen LogP contribution in [0.2, 0.25) is 0 Å². The Morgan fingerprint density at radius 2 is 1.96 bits per heavy atom. The van der Waals surface area contributed by atoms with E-state index in [9.17, 15) is 9.59 Å². The zero-order valence-corrected chi connectivity index (χ0v) is 11.9. The zero-order chi connectivity index (χ0) is 16.4. The predicted octanol–water partition coefficient (Wildman–Crippen LogP) is 1.29. The first-order valence-corrected chi connectivity index (χ1v) is 6.74. The highest BCUT2D eigenvalue weighted by Crippen LogP contribution is 2.20. The number of nitrogens with two attached hydrogens (primary N) is 1. The van der Waals surface area contributed by atoms with Gasteiger partial charge in [-0.2, -0.15) is 5.10 Å². The molecule has 0 aliphatic heterocycles. The van der Waals surface area contributed by atoms with E-state index < -0.39 is 12.0 Å². The first-order chi connectivity index (χ1) is 11.1. The second-order valence-electron chi connectivity index (χ2n) is 4.88. The van der Waals surface area contributed by atoms with Crippen LogP contribution in [0.5, 0.6) is 0 Å². The maximum absolute atomic E-state index is 12.3. The van der Waals surface area contributed by atoms with E-state index in [-0.39, 0.29) is 5.91 Å². The maximum atomic E-state index is 12.3. The molecule has 0 aliphatic carbocycles. The second kappa shape index (κ2) is 5.85. The van der Waals surface area contributed by atoms with Gasteiger partial charge in [-0.25, -0.2) is 4.98 Å². The molecule has 0 aliphatic rings. The Bertz CT molecular complexity index is 872. The highest BCUT2D eigenvalue weighted by Gasteiger charge is 2.15. The number of H-pyrrole nitrogens is 1. The number of carboxylic acids is 1. The monoisotopic (exact) mass is 311 g/mol. The molecular weight excluding hydrogens is 298 g/mol. The van der Waals surface area contributed by atoms with E-state index in [1.807, 2.05) is 0 Å². The molecule has 8 nitrogen and oxygen atoms in total. The molecule has 2 aromatic heterocycles. The van der Waals surface area contributed by atoms with Crippen LogP contribution >= 0.6 is 0 Å². The van der Waals surface area contributed by atoms with Crippen molar-refractivity contribution in [1.29, 1.82) is 0 Å². The number of aliphatic carboxylic acids is 1. The number of fused-ring (bicyclic) bond motifs is 1. The van der Waals surface area contributed by atoms with Crippen LogP contribution in [0, 0.1) is 0 Å². The van der Waals surface area contributed by atoms with Crippen molar-refractivity contribution in [3.8, 4) is 0 Å². The van der Waals surface area contributed by atoms with Crippen molar-refractivity contribution in [2.75, 3.05) is 5.32 Å². The van der Waals surface area contributed by atoms with Crippen molar-refractivity contribution >= 4 is 28.6 Å². The van der Waals surface area contributed by atoms with Gasteiger partial charge in [0.15, 0.2) is 5.65 Å². The van der Waals surface area contributed by atoms with Gasteiger partial charge in [0.1, 0.15) is 6.04 Å². The Labute approximate surface area is 130 Å². The molecule has 0 fully saturated rings. The minimum Gasteiger partial charge on any atom is -0.480 e. The summed E-state index contributed by atoms with van der Waals surface area (Å²) in [5.41, 5.74) is 7.49. The number of benzene rings is 1. The number of nitrogens with one attached hydrogen (secondary N) is 2. The van der Waals surface area contributed by atoms with Gasteiger partial charge in [-0.3, -0.25) is 14.7 Å². The summed E-state index contributed by atoms with van der Waals surface area (Å²) in [6, 6.07) is 6.66. The third kappa shape index (κ3) is 2.87. The molecule has 116 valence electrons. The molecule has 23 heavy (non-hydrogen) atoms. The van der Waals surface area contributed by atoms with Crippen molar-refractivity contribution < 1.29 is 14.7 Å². The molecule has 3 aromatic rings. The highest BCUT2D eigenvalue weighted by atomic mass is 16.4. The number of carboxylic acid groups (broad SMARTS) is 1. The summed E-state index contributed by atoms with van der Waals surface area (Å²) in [5, 5.41) is 18.9. The average molecular weight is 311 g/mol. The van der Waals surface area contributed by atoms with E-state index in [1.165, 1.54) is 24.3 Å². The minimum atomic E-state index is -1.12. The Balaban J connectivity index is 1.81. The highest BCUT2D eigenvalue weighted by molar-refractivity contribution is 6.08. The van der Waals surface area contributed by atoms with Crippen LogP contribution in [0.3, 0.4) is 0 Å². The maximum Gasteiger partial charge on any atom is 0.325 e. The standard InChI is InChI=1S/C15H13N5O3/c16-12(15(22)23)8-1-3-9(4-2-8)14(21)19-11-5-6-17-13-10(11)7-18-20-13/h1-7,12H,16H2,(H,22,23)(H2,17,18,19,20,21). The lowest BCUT2D eigenvalue weighted by atomic mass is 10.1. The summed E-state index contributed by atoms with van der Waals surface area (Å²) in [5.74, 6) is -1.45. The number of hydrogen-bond donors (Lipinski definition) is 4. The molecule has 3 rings (SSSR count). The number of aromatic nitrogens is 3. The van der Waals surface area contributed by atoms with Crippen molar-refractivity contribution in [3.63, 3.8) is 0 Å². The van der Waals surface area contributed by atoms with E-state index >= 15 is 0 Å². The molecular formula is C15H13N5O3. The summed E-state index contributed by atoms with van der Waals surface area (Å²) in [4.78, 5) is 27.2. The van der Waals surface area contributed by atoms with E-state index in [0.717, 1.165) is 0 Å². The molecule has 8 heteroatoms. The Hall–Kier alpha value is -3.26. The second-order valence-corrected chi connectivity index (χ2v) is 4.88. The SMILES string of the molecule is NC(C(=O)O)c1ccc(C(=O)Nc2ccnc3[nH]ncc23)cc1. The lowest BCUT2D eigenvalue weighted by molar-refractivity contribution is -0.138. The van der Waals surface area contributed by atoms with Gasteiger partial charge in [-0.15, -0.1) is 0 Å². The fourth-order valence-corrected chi connectivity index (χ4v) is 2.14. The smallest absolute Gasteiger partial charge is 0.325 e. The number of pyridine rings is 1. The Kier molecular flexibility index (Phi) is 3.73. The van der Waals surface area contributed by atoms with Crippen LogP contribution < -0.4 is 11.1 Å². The number of hydrogen-bond acceptors (Lipinski definition) is 5. The van der Waals surface area contributed by atoms with Crippen molar-refractivity contribution in [3.05, 3.63) is 53.9 Å². The molecule has 2 heterocycles. The van der Waals surface area contributed by atoms with Gasteiger partial charge in [-0.05, 0) is 23.8 Å². The van der Waals surface area contributed by atoms with E-state index in [0.29, 0.717) is 27.8 Å². The van der Waals surface area contributed by atoms with E-state index in [4.69, 9.17) is 10.8 Å². The van der Waals surface area contributed by atoms with Crippen molar-refractivity contribution in [2.45, 2.75) is 6.04 Å². The van der Waals surface area contributed by atoms with Crippen molar-refractivity contribution in [2.24, 2.45) is 5.73 Å². The van der Waals surface area contributed by atoms with Crippen LogP contribution in [0.25, 0.3) is 11.0 Å². The van der Waals surface area contributed by atoms with Gasteiger partial charge < -0.3 is 16.2 Å². The number of carbonyl (C=O) groups is 2. The fourth-order valence-electron chi connectivity index (χ4n) is 2.14. The third-order valence-electron chi connectivity index (χ3n) is 3.40. The van der Waals surface area contributed by atoms with E-state index in [1.54, 1.807) is 18.5 Å². The average Bonchev–Trinajstić information content (AvgIpc) is 3.04. The molecule has 5 N–H and O–H groups in total. The van der Waals surface area contributed by atoms with Gasteiger partial charge in [0.2, 0.25) is 0 Å². The van der Waals surface area contributed by atoms with Crippen LogP contribution in [0.15, 0.2) is 42.7 Å². The van der Waals surface area contributed by atoms with Crippen LogP contribution in [-0.4, -0.2) is 32.2 Å². The van der Waals surface area contributed by atoms with Crippen LogP contribution in [0.1, 0.15) is 22.0 Å². The van der Waals surface area contributed by atoms with Crippen LogP contribution in [-0.2, 0) is 4.79 Å². The molecule has 0 saturated heterocycles. The van der Waals surface area contributed by atoms with Crippen molar-refractivity contribution in [1.82, 2.24) is 15.2 Å². The van der Waals surface area contributed by atoms with E-state index in [2.05, 4.69) is 20.5 Å². The quantitative estimate of drug-likeness (QED) is 0.573. The molecule has 0 radical (unpaired) electrons. The number of nitrogens with zero attached hydrogens (tertiary/aromatic N) is 2. The molecule has 1 unspecified atom stereocenters. The predicted molar refractivity (Wildman–Crippen MR) is 82.8 cm³/mol. The Morgan fingerprint density at radius 1 is 1.22 bits per heavy atom. The number of anilines is 1. The number of amides is 1. The van der Waals surface area contributed by atoms with Gasteiger partial charge in [-0.1, -0.05) is 12.1 Å². The lowest BCUT2D eigenvalue weighted by Gasteiger charge is -2.09. The molecule has 0 bridgehead atoms. The zero-order valence-electron chi connectivity index (χ0n) is 11.9. The molecule has 1 atom stereocenters. The summed E-state index contributed by atoms with van der Waals surface area (Å²) in [7, 11) is 0. The molecule has 0 spiro atoms. The summed E-state index contributed by atoms with van der Waals surface area (Å²) in [6.45, 7) is 0. The van der Waals surface area contributed by atoms with Gasteiger partial charge in [0, 0.05) is 11.8 Å². The topological polar surface area (TPSA) is 134 Å². The Morgan fingerprint density at radius 3 is 2.65 bits per heavy atom. The first-order valence-electron chi connectivity index (χ1n) is 6.74. The number of carbonyl (C=O) groups excluding carboxylic acids is 1. The minimum absolute atomic E-state index is 0.325. The van der Waals surface area contributed by atoms with Gasteiger partial charge in [0.25, 0.3) is 5.91 Å². The number of rotatable bonds is 4. The summed E-state index contributed by atoms with van der Waals surface area (Å²) >= 11 is 0. The van der Waals surface area contributed by atoms with Crippen LogP contribution in [0.4, 0.5) is 5.69 Å². The lowest BCUT2D eigenvalue weighted by Crippen LogP contribution is -2.20. The molecule has 1 amide bonds. The summed E-state index contributed by atoms with van der Waals surface area (Å²) < 4.78 is 0.